The molecule has 2 N–H and O–H groups in total. The fourth-order valence-electron chi connectivity index (χ4n) is 2.53. The molecule has 2 rings (SSSR count). The standard InChI is InChI=1S/C14H20N2O2S.ClH/c1-9(15)12-5-3-4-6-16(12)14(18)13-7-11(8-19-13)10(2)17;/h7-9,12H,3-6,15H2,1-2H3;1H. The molecule has 0 aliphatic carbocycles. The highest BCUT2D eigenvalue weighted by Crippen LogP contribution is 2.24. The van der Waals surface area contributed by atoms with Crippen molar-refractivity contribution in [2.75, 3.05) is 6.54 Å². The molecule has 1 saturated heterocycles. The Morgan fingerprint density at radius 2 is 2.15 bits per heavy atom. The van der Waals surface area contributed by atoms with Gasteiger partial charge in [0, 0.05) is 29.6 Å². The number of amides is 1. The van der Waals surface area contributed by atoms with Crippen molar-refractivity contribution in [3.05, 3.63) is 21.9 Å². The maximum Gasteiger partial charge on any atom is 0.264 e. The van der Waals surface area contributed by atoms with Gasteiger partial charge in [-0.25, -0.2) is 0 Å². The van der Waals surface area contributed by atoms with E-state index in [0.29, 0.717) is 10.4 Å². The monoisotopic (exact) mass is 316 g/mol. The Balaban J connectivity index is 0.00000200. The first-order valence-electron chi connectivity index (χ1n) is 6.66. The average molecular weight is 317 g/mol. The molecule has 0 spiro atoms. The molecule has 0 saturated carbocycles. The molecule has 0 radical (unpaired) electrons. The lowest BCUT2D eigenvalue weighted by Crippen LogP contribution is -2.51. The van der Waals surface area contributed by atoms with Gasteiger partial charge in [-0.3, -0.25) is 9.59 Å². The van der Waals surface area contributed by atoms with Crippen LogP contribution in [-0.4, -0.2) is 35.2 Å². The van der Waals surface area contributed by atoms with Crippen LogP contribution in [0.15, 0.2) is 11.4 Å². The summed E-state index contributed by atoms with van der Waals surface area (Å²) in [6, 6.07) is 1.79. The Morgan fingerprint density at radius 1 is 1.45 bits per heavy atom. The van der Waals surface area contributed by atoms with Gasteiger partial charge in [0.2, 0.25) is 0 Å². The van der Waals surface area contributed by atoms with Crippen LogP contribution in [-0.2, 0) is 0 Å². The minimum absolute atomic E-state index is 0. The second kappa shape index (κ2) is 7.20. The molecule has 1 aromatic rings. The summed E-state index contributed by atoms with van der Waals surface area (Å²) in [7, 11) is 0. The van der Waals surface area contributed by atoms with E-state index in [0.717, 1.165) is 25.8 Å². The molecular formula is C14H21ClN2O2S. The number of ketones is 1. The van der Waals surface area contributed by atoms with E-state index in [2.05, 4.69) is 0 Å². The molecule has 0 bridgehead atoms. The van der Waals surface area contributed by atoms with Gasteiger partial charge >= 0.3 is 0 Å². The first-order chi connectivity index (χ1) is 9.00. The SMILES string of the molecule is CC(=O)c1csc(C(=O)N2CCCCC2C(C)N)c1.Cl. The van der Waals surface area contributed by atoms with Gasteiger partial charge < -0.3 is 10.6 Å². The van der Waals surface area contributed by atoms with Gasteiger partial charge in [0.1, 0.15) is 0 Å². The van der Waals surface area contributed by atoms with Crippen molar-refractivity contribution in [1.29, 1.82) is 0 Å². The maximum absolute atomic E-state index is 12.5. The molecule has 112 valence electrons. The number of nitrogens with two attached hydrogens (primary N) is 1. The highest BCUT2D eigenvalue weighted by molar-refractivity contribution is 7.12. The van der Waals surface area contributed by atoms with Gasteiger partial charge in [0.15, 0.2) is 5.78 Å². The minimum Gasteiger partial charge on any atom is -0.333 e. The lowest BCUT2D eigenvalue weighted by molar-refractivity contribution is 0.0589. The number of piperidine rings is 1. The molecule has 6 heteroatoms. The van der Waals surface area contributed by atoms with Crippen LogP contribution in [0.4, 0.5) is 0 Å². The molecule has 0 aromatic carbocycles. The van der Waals surface area contributed by atoms with E-state index in [9.17, 15) is 9.59 Å². The van der Waals surface area contributed by atoms with Crippen LogP contribution in [0.1, 0.15) is 53.1 Å². The Morgan fingerprint density at radius 3 is 2.70 bits per heavy atom. The predicted molar refractivity (Wildman–Crippen MR) is 83.9 cm³/mol. The topological polar surface area (TPSA) is 63.4 Å². The summed E-state index contributed by atoms with van der Waals surface area (Å²) in [5, 5.41) is 1.75. The summed E-state index contributed by atoms with van der Waals surface area (Å²) in [4.78, 5) is 26.3. The largest absolute Gasteiger partial charge is 0.333 e. The van der Waals surface area contributed by atoms with Crippen LogP contribution in [0.3, 0.4) is 0 Å². The number of carbonyl (C=O) groups excluding carboxylic acids is 2. The zero-order chi connectivity index (χ0) is 14.0. The van der Waals surface area contributed by atoms with E-state index < -0.39 is 0 Å². The number of hydrogen-bond acceptors (Lipinski definition) is 4. The van der Waals surface area contributed by atoms with Crippen LogP contribution < -0.4 is 5.73 Å². The summed E-state index contributed by atoms with van der Waals surface area (Å²) in [6.07, 6.45) is 3.12. The minimum atomic E-state index is -0.0171. The predicted octanol–water partition coefficient (Wildman–Crippen LogP) is 2.71. The lowest BCUT2D eigenvalue weighted by atomic mass is 9.96. The molecule has 2 heterocycles. The number of nitrogens with zero attached hydrogens (tertiary/aromatic N) is 1. The normalized spacial score (nSPS) is 20.1. The third kappa shape index (κ3) is 3.59. The van der Waals surface area contributed by atoms with E-state index in [4.69, 9.17) is 5.73 Å². The molecule has 1 aliphatic rings. The van der Waals surface area contributed by atoms with Crippen molar-refractivity contribution in [2.24, 2.45) is 5.73 Å². The summed E-state index contributed by atoms with van der Waals surface area (Å²) < 4.78 is 0. The average Bonchev–Trinajstić information content (AvgIpc) is 2.87. The smallest absolute Gasteiger partial charge is 0.264 e. The van der Waals surface area contributed by atoms with Crippen molar-refractivity contribution in [3.63, 3.8) is 0 Å². The number of rotatable bonds is 3. The highest BCUT2D eigenvalue weighted by atomic mass is 35.5. The summed E-state index contributed by atoms with van der Waals surface area (Å²) in [5.74, 6) is 0.0113. The Bertz CT molecular complexity index is 487. The highest BCUT2D eigenvalue weighted by Gasteiger charge is 2.30. The Hall–Kier alpha value is -0.910. The number of halogens is 1. The van der Waals surface area contributed by atoms with Gasteiger partial charge in [0.25, 0.3) is 5.91 Å². The van der Waals surface area contributed by atoms with Crippen LogP contribution in [0.5, 0.6) is 0 Å². The Kier molecular flexibility index (Phi) is 6.17. The van der Waals surface area contributed by atoms with Crippen LogP contribution in [0.2, 0.25) is 0 Å². The van der Waals surface area contributed by atoms with Crippen LogP contribution in [0, 0.1) is 0 Å². The molecule has 20 heavy (non-hydrogen) atoms. The molecule has 4 nitrogen and oxygen atoms in total. The van der Waals surface area contributed by atoms with E-state index in [1.54, 1.807) is 11.4 Å². The molecular weight excluding hydrogens is 296 g/mol. The summed E-state index contributed by atoms with van der Waals surface area (Å²) in [6.45, 7) is 4.23. The third-order valence-corrected chi connectivity index (χ3v) is 4.55. The molecule has 2 unspecified atom stereocenters. The zero-order valence-corrected chi connectivity index (χ0v) is 13.4. The fraction of sp³-hybridized carbons (Fsp3) is 0.571. The van der Waals surface area contributed by atoms with E-state index >= 15 is 0 Å². The first-order valence-corrected chi connectivity index (χ1v) is 7.54. The third-order valence-electron chi connectivity index (χ3n) is 3.63. The number of Topliss-reactive ketones (excluding diaryl/α,β-unsaturated/α-hetero) is 1. The van der Waals surface area contributed by atoms with Crippen LogP contribution in [0.25, 0.3) is 0 Å². The second-order valence-corrected chi connectivity index (χ2v) is 6.09. The summed E-state index contributed by atoms with van der Waals surface area (Å²) in [5.41, 5.74) is 6.60. The number of thiophene rings is 1. The molecule has 1 fully saturated rings. The Labute approximate surface area is 129 Å². The van der Waals surface area contributed by atoms with Gasteiger partial charge in [-0.2, -0.15) is 0 Å². The lowest BCUT2D eigenvalue weighted by Gasteiger charge is -2.37. The van der Waals surface area contributed by atoms with Crippen molar-refractivity contribution < 1.29 is 9.59 Å². The summed E-state index contributed by atoms with van der Waals surface area (Å²) >= 11 is 1.34. The van der Waals surface area contributed by atoms with Gasteiger partial charge in [0.05, 0.1) is 4.88 Å². The number of likely N-dealkylation sites (tertiary alicyclic amines) is 1. The molecule has 1 amide bonds. The van der Waals surface area contributed by atoms with Crippen molar-refractivity contribution >= 4 is 35.4 Å². The fourth-order valence-corrected chi connectivity index (χ4v) is 3.43. The van der Waals surface area contributed by atoms with E-state index in [1.807, 2.05) is 11.8 Å². The number of carbonyl (C=O) groups is 2. The van der Waals surface area contributed by atoms with Crippen molar-refractivity contribution in [2.45, 2.75) is 45.2 Å². The quantitative estimate of drug-likeness (QED) is 0.872. The van der Waals surface area contributed by atoms with Gasteiger partial charge in [-0.05, 0) is 39.2 Å². The maximum atomic E-state index is 12.5. The first kappa shape index (κ1) is 17.1. The molecule has 2 atom stereocenters. The van der Waals surface area contributed by atoms with E-state index in [-0.39, 0.29) is 36.2 Å². The second-order valence-electron chi connectivity index (χ2n) is 5.18. The van der Waals surface area contributed by atoms with E-state index in [1.165, 1.54) is 18.3 Å². The van der Waals surface area contributed by atoms with Gasteiger partial charge in [-0.15, -0.1) is 23.7 Å². The van der Waals surface area contributed by atoms with Crippen molar-refractivity contribution in [3.8, 4) is 0 Å². The number of hydrogen-bond donors (Lipinski definition) is 1. The van der Waals surface area contributed by atoms with Crippen molar-refractivity contribution in [1.82, 2.24) is 4.90 Å². The molecule has 1 aromatic heterocycles. The van der Waals surface area contributed by atoms with Gasteiger partial charge in [-0.1, -0.05) is 0 Å². The van der Waals surface area contributed by atoms with Crippen LogP contribution >= 0.6 is 23.7 Å². The zero-order valence-electron chi connectivity index (χ0n) is 11.8. The molecule has 1 aliphatic heterocycles.